The predicted molar refractivity (Wildman–Crippen MR) is 68.1 cm³/mol. The number of halogens is 2. The zero-order chi connectivity index (χ0) is 12.6. The van der Waals surface area contributed by atoms with Crippen LogP contribution in [0, 0.1) is 11.9 Å². The van der Waals surface area contributed by atoms with Gasteiger partial charge in [0.05, 0.1) is 5.02 Å². The molecule has 0 atom stereocenters. The molecule has 0 fully saturated rings. The highest BCUT2D eigenvalue weighted by Gasteiger charge is 2.39. The van der Waals surface area contributed by atoms with Crippen LogP contribution in [0.2, 0.25) is 23.2 Å². The van der Waals surface area contributed by atoms with E-state index in [0.717, 1.165) is 0 Å². The second-order valence-corrected chi connectivity index (χ2v) is 10.5. The molecule has 4 heteroatoms. The van der Waals surface area contributed by atoms with Crippen LogP contribution in [0.5, 0.6) is 5.75 Å². The molecule has 1 aromatic carbocycles. The first-order chi connectivity index (χ1) is 7.15. The van der Waals surface area contributed by atoms with Crippen molar-refractivity contribution >= 4 is 19.9 Å². The van der Waals surface area contributed by atoms with E-state index in [2.05, 4.69) is 39.9 Å². The summed E-state index contributed by atoms with van der Waals surface area (Å²) in [4.78, 5) is 0. The van der Waals surface area contributed by atoms with Crippen molar-refractivity contribution in [2.75, 3.05) is 0 Å². The fourth-order valence-electron chi connectivity index (χ4n) is 0.918. The third kappa shape index (κ3) is 2.77. The van der Waals surface area contributed by atoms with Crippen LogP contribution in [-0.4, -0.2) is 8.32 Å². The Labute approximate surface area is 103 Å². The van der Waals surface area contributed by atoms with Gasteiger partial charge in [-0.15, -0.1) is 0 Å². The Morgan fingerprint density at radius 2 is 1.94 bits per heavy atom. The fraction of sp³-hybridized carbons (Fsp3) is 0.500. The van der Waals surface area contributed by atoms with Gasteiger partial charge in [-0.2, -0.15) is 0 Å². The van der Waals surface area contributed by atoms with Crippen molar-refractivity contribution in [1.29, 1.82) is 0 Å². The number of hydrogen-bond acceptors (Lipinski definition) is 1. The van der Waals surface area contributed by atoms with Gasteiger partial charge in [-0.05, 0) is 30.3 Å². The molecule has 0 bridgehead atoms. The van der Waals surface area contributed by atoms with Crippen LogP contribution in [0.15, 0.2) is 12.1 Å². The maximum absolute atomic E-state index is 13.7. The molecule has 0 spiro atoms. The van der Waals surface area contributed by atoms with Gasteiger partial charge in [0.25, 0.3) is 8.32 Å². The first-order valence-electron chi connectivity index (χ1n) is 5.20. The van der Waals surface area contributed by atoms with Gasteiger partial charge in [0.1, 0.15) is 5.75 Å². The molecule has 0 aliphatic rings. The number of benzene rings is 1. The van der Waals surface area contributed by atoms with E-state index in [0.29, 0.717) is 0 Å². The van der Waals surface area contributed by atoms with E-state index in [1.807, 2.05) is 0 Å². The second-order valence-electron chi connectivity index (χ2n) is 5.33. The SMILES string of the molecule is CC(C)(C)[Si](C)(C)Oc1[c]ccc(Cl)c1F. The summed E-state index contributed by atoms with van der Waals surface area (Å²) in [7, 11) is -2.03. The fourth-order valence-corrected chi connectivity index (χ4v) is 2.03. The maximum Gasteiger partial charge on any atom is 0.250 e. The summed E-state index contributed by atoms with van der Waals surface area (Å²) in [6.45, 7) is 10.4. The molecule has 1 radical (unpaired) electrons. The second kappa shape index (κ2) is 4.38. The Bertz CT molecular complexity index is 385. The average molecular weight is 260 g/mol. The summed E-state index contributed by atoms with van der Waals surface area (Å²) < 4.78 is 19.5. The molecule has 0 aliphatic carbocycles. The lowest BCUT2D eigenvalue weighted by atomic mass is 10.2. The van der Waals surface area contributed by atoms with Crippen LogP contribution in [0.4, 0.5) is 4.39 Å². The van der Waals surface area contributed by atoms with Crippen molar-refractivity contribution in [2.45, 2.75) is 38.9 Å². The molecular formula is C12H17ClFOSi. The lowest BCUT2D eigenvalue weighted by Crippen LogP contribution is -2.44. The van der Waals surface area contributed by atoms with Crippen LogP contribution in [-0.2, 0) is 0 Å². The van der Waals surface area contributed by atoms with E-state index in [9.17, 15) is 4.39 Å². The predicted octanol–water partition coefficient (Wildman–Crippen LogP) is 4.66. The Hall–Kier alpha value is -0.543. The van der Waals surface area contributed by atoms with Crippen molar-refractivity contribution in [3.05, 3.63) is 29.0 Å². The van der Waals surface area contributed by atoms with E-state index < -0.39 is 14.1 Å². The molecule has 1 rings (SSSR count). The topological polar surface area (TPSA) is 9.23 Å². The molecule has 89 valence electrons. The zero-order valence-electron chi connectivity index (χ0n) is 10.3. The van der Waals surface area contributed by atoms with E-state index in [-0.39, 0.29) is 15.8 Å². The van der Waals surface area contributed by atoms with Crippen LogP contribution < -0.4 is 4.43 Å². The van der Waals surface area contributed by atoms with Crippen molar-refractivity contribution < 1.29 is 8.82 Å². The first-order valence-corrected chi connectivity index (χ1v) is 8.48. The third-order valence-electron chi connectivity index (χ3n) is 3.02. The largest absolute Gasteiger partial charge is 0.541 e. The van der Waals surface area contributed by atoms with Gasteiger partial charge in [-0.3, -0.25) is 0 Å². The van der Waals surface area contributed by atoms with Crippen LogP contribution in [0.25, 0.3) is 0 Å². The number of rotatable bonds is 2. The van der Waals surface area contributed by atoms with Gasteiger partial charge in [0.2, 0.25) is 0 Å². The minimum atomic E-state index is -2.03. The highest BCUT2D eigenvalue weighted by Crippen LogP contribution is 2.38. The molecule has 0 unspecified atom stereocenters. The molecule has 0 saturated carbocycles. The summed E-state index contributed by atoms with van der Waals surface area (Å²) in [5, 5.41) is 0.0998. The molecular weight excluding hydrogens is 243 g/mol. The van der Waals surface area contributed by atoms with Crippen LogP contribution in [0.1, 0.15) is 20.8 Å². The Morgan fingerprint density at radius 3 is 2.44 bits per heavy atom. The first kappa shape index (κ1) is 13.5. The smallest absolute Gasteiger partial charge is 0.250 e. The lowest BCUT2D eigenvalue weighted by Gasteiger charge is -2.36. The molecule has 0 N–H and O–H groups in total. The molecule has 1 nitrogen and oxygen atoms in total. The van der Waals surface area contributed by atoms with E-state index in [4.69, 9.17) is 16.0 Å². The highest BCUT2D eigenvalue weighted by atomic mass is 35.5. The molecule has 0 amide bonds. The average Bonchev–Trinajstić information content (AvgIpc) is 2.11. The standard InChI is InChI=1S/C12H17ClFOSi/c1-12(2,3)16(4,5)15-10-8-6-7-9(13)11(10)14/h6-7H,1-5H3. The molecule has 0 heterocycles. The minimum absolute atomic E-state index is 0.0234. The summed E-state index contributed by atoms with van der Waals surface area (Å²) in [6, 6.07) is 5.80. The third-order valence-corrected chi connectivity index (χ3v) is 7.64. The molecule has 16 heavy (non-hydrogen) atoms. The minimum Gasteiger partial charge on any atom is -0.541 e. The molecule has 0 aromatic heterocycles. The van der Waals surface area contributed by atoms with Crippen LogP contribution in [0.3, 0.4) is 0 Å². The lowest BCUT2D eigenvalue weighted by molar-refractivity contribution is 0.456. The molecule has 0 aliphatic heterocycles. The highest BCUT2D eigenvalue weighted by molar-refractivity contribution is 6.74. The van der Waals surface area contributed by atoms with Gasteiger partial charge in [-0.1, -0.05) is 32.4 Å². The summed E-state index contributed by atoms with van der Waals surface area (Å²) in [5.74, 6) is -0.381. The van der Waals surface area contributed by atoms with E-state index in [1.54, 1.807) is 6.07 Å². The summed E-state index contributed by atoms with van der Waals surface area (Å²) >= 11 is 5.70. The van der Waals surface area contributed by atoms with E-state index >= 15 is 0 Å². The molecule has 1 aromatic rings. The van der Waals surface area contributed by atoms with Crippen molar-refractivity contribution in [3.63, 3.8) is 0 Å². The van der Waals surface area contributed by atoms with Gasteiger partial charge in [0.15, 0.2) is 5.82 Å². The van der Waals surface area contributed by atoms with Crippen molar-refractivity contribution in [3.8, 4) is 5.75 Å². The van der Waals surface area contributed by atoms with Gasteiger partial charge in [0, 0.05) is 6.07 Å². The monoisotopic (exact) mass is 259 g/mol. The van der Waals surface area contributed by atoms with Crippen LogP contribution >= 0.6 is 11.6 Å². The Balaban J connectivity index is 3.02. The van der Waals surface area contributed by atoms with Gasteiger partial charge in [-0.25, -0.2) is 4.39 Å². The van der Waals surface area contributed by atoms with E-state index in [1.165, 1.54) is 6.07 Å². The van der Waals surface area contributed by atoms with Gasteiger partial charge >= 0.3 is 0 Å². The van der Waals surface area contributed by atoms with Gasteiger partial charge < -0.3 is 4.43 Å². The molecule has 0 saturated heterocycles. The quantitative estimate of drug-likeness (QED) is 0.702. The van der Waals surface area contributed by atoms with Crippen molar-refractivity contribution in [2.24, 2.45) is 0 Å². The summed E-state index contributed by atoms with van der Waals surface area (Å²) in [5.41, 5.74) is 0. The Kier molecular flexibility index (Phi) is 3.70. The Morgan fingerprint density at radius 1 is 1.38 bits per heavy atom. The van der Waals surface area contributed by atoms with Crippen molar-refractivity contribution in [1.82, 2.24) is 0 Å². The normalized spacial score (nSPS) is 12.7. The zero-order valence-corrected chi connectivity index (χ0v) is 12.1. The summed E-state index contributed by atoms with van der Waals surface area (Å²) in [6.07, 6.45) is 0. The maximum atomic E-state index is 13.7. The number of hydrogen-bond donors (Lipinski definition) is 0.